The van der Waals surface area contributed by atoms with Crippen LogP contribution in [0.15, 0.2) is 49.2 Å². The van der Waals surface area contributed by atoms with Gasteiger partial charge in [-0.1, -0.05) is 6.92 Å². The first-order chi connectivity index (χ1) is 18.4. The third-order valence-electron chi connectivity index (χ3n) is 6.61. The summed E-state index contributed by atoms with van der Waals surface area (Å²) < 4.78 is 8.20. The third kappa shape index (κ3) is 4.86. The van der Waals surface area contributed by atoms with Gasteiger partial charge in [-0.25, -0.2) is 9.50 Å². The Morgan fingerprint density at radius 1 is 1.18 bits per heavy atom. The number of nitrogens with zero attached hydrogens (tertiary/aromatic N) is 7. The lowest BCUT2D eigenvalue weighted by atomic mass is 10.1. The van der Waals surface area contributed by atoms with E-state index in [2.05, 4.69) is 38.4 Å². The van der Waals surface area contributed by atoms with Crippen LogP contribution in [-0.2, 0) is 16.1 Å². The van der Waals surface area contributed by atoms with E-state index in [0.717, 1.165) is 23.5 Å². The minimum Gasteiger partial charge on any atom is -0.465 e. The van der Waals surface area contributed by atoms with Gasteiger partial charge in [0.2, 0.25) is 0 Å². The van der Waals surface area contributed by atoms with Crippen molar-refractivity contribution in [2.24, 2.45) is 11.7 Å². The van der Waals surface area contributed by atoms with Gasteiger partial charge in [0.1, 0.15) is 18.4 Å². The number of amides is 1. The van der Waals surface area contributed by atoms with E-state index in [0.29, 0.717) is 35.5 Å². The van der Waals surface area contributed by atoms with Crippen molar-refractivity contribution in [2.75, 3.05) is 29.9 Å². The molecule has 0 bridgehead atoms. The number of aromatic nitrogens is 5. The minimum atomic E-state index is -0.580. The number of hydrogen-bond donors (Lipinski definition) is 2. The van der Waals surface area contributed by atoms with E-state index < -0.39 is 5.91 Å². The molecule has 1 saturated heterocycles. The molecule has 0 radical (unpaired) electrons. The first kappa shape index (κ1) is 24.8. The van der Waals surface area contributed by atoms with E-state index in [4.69, 9.17) is 15.7 Å². The van der Waals surface area contributed by atoms with Gasteiger partial charge in [-0.2, -0.15) is 15.5 Å². The van der Waals surface area contributed by atoms with Crippen molar-refractivity contribution in [2.45, 2.75) is 26.4 Å². The molecule has 0 unspecified atom stereocenters. The summed E-state index contributed by atoms with van der Waals surface area (Å²) in [6.45, 7) is 5.62. The molecule has 5 heterocycles. The highest BCUT2D eigenvalue weighted by molar-refractivity contribution is 6.02. The molecule has 1 aliphatic rings. The molecule has 2 atom stereocenters. The zero-order chi connectivity index (χ0) is 26.8. The van der Waals surface area contributed by atoms with Gasteiger partial charge < -0.3 is 20.7 Å². The molecule has 3 N–H and O–H groups in total. The second kappa shape index (κ2) is 10.2. The van der Waals surface area contributed by atoms with E-state index in [1.807, 2.05) is 18.3 Å². The first-order valence-electron chi connectivity index (χ1n) is 12.2. The number of rotatable bonds is 8. The molecule has 38 heavy (non-hydrogen) atoms. The Labute approximate surface area is 218 Å². The van der Waals surface area contributed by atoms with Crippen LogP contribution in [0.3, 0.4) is 0 Å². The second-order valence-electron chi connectivity index (χ2n) is 9.24. The minimum absolute atomic E-state index is 0.00224. The normalized spacial score (nSPS) is 16.9. The van der Waals surface area contributed by atoms with Crippen LogP contribution in [-0.4, -0.2) is 62.0 Å². The molecular weight excluding hydrogens is 486 g/mol. The largest absolute Gasteiger partial charge is 0.465 e. The number of primary amides is 1. The van der Waals surface area contributed by atoms with Gasteiger partial charge in [-0.05, 0) is 31.0 Å². The van der Waals surface area contributed by atoms with Gasteiger partial charge in [0, 0.05) is 48.8 Å². The van der Waals surface area contributed by atoms with Crippen molar-refractivity contribution >= 4 is 28.9 Å². The smallest absolute Gasteiger partial charge is 0.327 e. The predicted molar refractivity (Wildman–Crippen MR) is 139 cm³/mol. The van der Waals surface area contributed by atoms with Gasteiger partial charge in [-0.15, -0.1) is 0 Å². The van der Waals surface area contributed by atoms with Crippen LogP contribution in [0.2, 0.25) is 0 Å². The monoisotopic (exact) mass is 513 g/mol. The summed E-state index contributed by atoms with van der Waals surface area (Å²) in [4.78, 5) is 30.7. The lowest BCUT2D eigenvalue weighted by molar-refractivity contribution is -0.144. The van der Waals surface area contributed by atoms with E-state index in [9.17, 15) is 9.59 Å². The quantitative estimate of drug-likeness (QED) is 0.337. The standard InChI is InChI=1S/C26H27N9O3/c1-3-38-24(36)15-34-12-19(9-30-34)18-6-22-25(20(26(28)37)10-31-35(22)13-18)32-21-14-33(11-16(21)2)23-5-4-17(7-27)8-29-23/h4-6,8-10,12-13,16,21,32H,3,11,14-15H2,1-2H3,(H2,28,37)/t16-,21+/m0/s1. The fraction of sp³-hybridized carbons (Fsp3) is 0.308. The molecular formula is C26H27N9O3. The molecule has 12 nitrogen and oxygen atoms in total. The number of carbonyl (C=O) groups excluding carboxylic acids is 2. The summed E-state index contributed by atoms with van der Waals surface area (Å²) in [5, 5.41) is 21.2. The molecule has 4 aromatic heterocycles. The average molecular weight is 514 g/mol. The van der Waals surface area contributed by atoms with E-state index in [-0.39, 0.29) is 24.5 Å². The van der Waals surface area contributed by atoms with Crippen molar-refractivity contribution in [3.8, 4) is 17.2 Å². The molecule has 12 heteroatoms. The summed E-state index contributed by atoms with van der Waals surface area (Å²) in [6, 6.07) is 7.59. The Bertz CT molecular complexity index is 1530. The Hall–Kier alpha value is -4.92. The first-order valence-corrected chi connectivity index (χ1v) is 12.2. The second-order valence-corrected chi connectivity index (χ2v) is 9.24. The highest BCUT2D eigenvalue weighted by Gasteiger charge is 2.32. The molecule has 0 spiro atoms. The van der Waals surface area contributed by atoms with Crippen LogP contribution in [0, 0.1) is 17.2 Å². The molecule has 0 aliphatic carbocycles. The van der Waals surface area contributed by atoms with E-state index >= 15 is 0 Å². The Morgan fingerprint density at radius 3 is 2.74 bits per heavy atom. The molecule has 194 valence electrons. The Kier molecular flexibility index (Phi) is 6.66. The Balaban J connectivity index is 1.42. The number of anilines is 2. The molecule has 0 saturated carbocycles. The van der Waals surface area contributed by atoms with Crippen molar-refractivity contribution in [1.82, 2.24) is 24.4 Å². The number of pyridine rings is 1. The number of hydrogen-bond acceptors (Lipinski definition) is 9. The number of fused-ring (bicyclic) bond motifs is 1. The fourth-order valence-electron chi connectivity index (χ4n) is 4.66. The van der Waals surface area contributed by atoms with E-state index in [1.54, 1.807) is 36.1 Å². The zero-order valence-corrected chi connectivity index (χ0v) is 21.0. The molecule has 1 aliphatic heterocycles. The SMILES string of the molecule is CCOC(=O)Cn1cc(-c2cc3c(N[C@@H]4CN(c5ccc(C#N)cn5)C[C@@H]4C)c(C(N)=O)cnn3c2)cn1. The van der Waals surface area contributed by atoms with Gasteiger partial charge in [0.25, 0.3) is 5.91 Å². The fourth-order valence-corrected chi connectivity index (χ4v) is 4.66. The maximum absolute atomic E-state index is 12.3. The summed E-state index contributed by atoms with van der Waals surface area (Å²) in [5.41, 5.74) is 9.43. The number of ether oxygens (including phenoxy) is 1. The van der Waals surface area contributed by atoms with Crippen LogP contribution < -0.4 is 16.0 Å². The number of nitrogens with one attached hydrogen (secondary N) is 1. The van der Waals surface area contributed by atoms with Crippen LogP contribution >= 0.6 is 0 Å². The summed E-state index contributed by atoms with van der Waals surface area (Å²) in [6.07, 6.45) is 8.29. The molecule has 1 amide bonds. The van der Waals surface area contributed by atoms with Crippen LogP contribution in [0.1, 0.15) is 29.8 Å². The highest BCUT2D eigenvalue weighted by atomic mass is 16.5. The lowest BCUT2D eigenvalue weighted by Crippen LogP contribution is -2.30. The molecule has 1 fully saturated rings. The maximum Gasteiger partial charge on any atom is 0.327 e. The van der Waals surface area contributed by atoms with Crippen molar-refractivity contribution in [1.29, 1.82) is 5.26 Å². The summed E-state index contributed by atoms with van der Waals surface area (Å²) in [7, 11) is 0. The maximum atomic E-state index is 12.3. The van der Waals surface area contributed by atoms with E-state index in [1.165, 1.54) is 10.9 Å². The van der Waals surface area contributed by atoms with Crippen molar-refractivity contribution in [3.63, 3.8) is 0 Å². The highest BCUT2D eigenvalue weighted by Crippen LogP contribution is 2.31. The summed E-state index contributed by atoms with van der Waals surface area (Å²) >= 11 is 0. The Morgan fingerprint density at radius 2 is 2.03 bits per heavy atom. The lowest BCUT2D eigenvalue weighted by Gasteiger charge is -2.21. The summed E-state index contributed by atoms with van der Waals surface area (Å²) in [5.74, 6) is 0.0834. The number of nitrogens with two attached hydrogens (primary N) is 1. The number of esters is 1. The average Bonchev–Trinajstić information content (AvgIpc) is 3.63. The zero-order valence-electron chi connectivity index (χ0n) is 21.0. The topological polar surface area (TPSA) is 156 Å². The number of carbonyl (C=O) groups is 2. The van der Waals surface area contributed by atoms with Gasteiger partial charge >= 0.3 is 5.97 Å². The van der Waals surface area contributed by atoms with Crippen molar-refractivity contribution in [3.05, 3.63) is 60.3 Å². The van der Waals surface area contributed by atoms with Crippen LogP contribution in [0.5, 0.6) is 0 Å². The molecule has 0 aromatic carbocycles. The predicted octanol–water partition coefficient (Wildman–Crippen LogP) is 2.06. The van der Waals surface area contributed by atoms with Crippen LogP contribution in [0.25, 0.3) is 16.6 Å². The van der Waals surface area contributed by atoms with Crippen molar-refractivity contribution < 1.29 is 14.3 Å². The third-order valence-corrected chi connectivity index (χ3v) is 6.61. The van der Waals surface area contributed by atoms with Gasteiger partial charge in [0.15, 0.2) is 0 Å². The van der Waals surface area contributed by atoms with Gasteiger partial charge in [-0.3, -0.25) is 14.3 Å². The van der Waals surface area contributed by atoms with Crippen LogP contribution in [0.4, 0.5) is 11.5 Å². The molecule has 5 rings (SSSR count). The molecule has 4 aromatic rings. The van der Waals surface area contributed by atoms with Gasteiger partial charge in [0.05, 0.1) is 41.3 Å². The number of nitriles is 1.